The highest BCUT2D eigenvalue weighted by Crippen LogP contribution is 2.26. The number of benzene rings is 1. The molecule has 0 amide bonds. The van der Waals surface area contributed by atoms with Crippen LogP contribution in [0.5, 0.6) is 5.88 Å². The van der Waals surface area contributed by atoms with Gasteiger partial charge in [0, 0.05) is 25.7 Å². The molecule has 1 heterocycles. The topological polar surface area (TPSA) is 33.1 Å². The zero-order valence-electron chi connectivity index (χ0n) is 6.46. The van der Waals surface area contributed by atoms with Gasteiger partial charge in [-0.3, -0.25) is 0 Å². The van der Waals surface area contributed by atoms with E-state index in [2.05, 4.69) is 43.5 Å². The van der Waals surface area contributed by atoms with E-state index in [4.69, 9.17) is 5.11 Å². The van der Waals surface area contributed by atoms with Crippen molar-refractivity contribution in [3.05, 3.63) is 32.4 Å². The number of aromatic hydroxyl groups is 1. The number of rotatable bonds is 0. The number of hydrogen-bond donors (Lipinski definition) is 1. The molecule has 0 unspecified atom stereocenters. The van der Waals surface area contributed by atoms with Gasteiger partial charge in [-0.15, -0.1) is 0 Å². The van der Waals surface area contributed by atoms with E-state index in [9.17, 15) is 0 Å². The normalized spacial score (nSPS) is 10.6. The first-order valence-corrected chi connectivity index (χ1v) is 5.48. The van der Waals surface area contributed by atoms with Crippen LogP contribution in [0.25, 0.3) is 10.8 Å². The molecular weight excluding hydrogens is 345 g/mol. The number of pyridine rings is 1. The van der Waals surface area contributed by atoms with Crippen LogP contribution in [0.1, 0.15) is 0 Å². The van der Waals surface area contributed by atoms with Gasteiger partial charge in [-0.25, -0.2) is 4.98 Å². The van der Waals surface area contributed by atoms with E-state index in [-0.39, 0.29) is 5.88 Å². The number of fused-ring (bicyclic) bond motifs is 1. The van der Waals surface area contributed by atoms with Crippen molar-refractivity contribution in [3.63, 3.8) is 0 Å². The maximum absolute atomic E-state index is 9.17. The van der Waals surface area contributed by atoms with Gasteiger partial charge in [-0.05, 0) is 56.0 Å². The monoisotopic (exact) mass is 349 g/mol. The molecule has 0 aliphatic carbocycles. The third-order valence-corrected chi connectivity index (χ3v) is 4.04. The van der Waals surface area contributed by atoms with E-state index in [1.807, 2.05) is 12.1 Å². The minimum Gasteiger partial charge on any atom is -0.493 e. The van der Waals surface area contributed by atoms with Crippen LogP contribution < -0.4 is 0 Å². The van der Waals surface area contributed by atoms with Crippen LogP contribution in [0.15, 0.2) is 28.9 Å². The average molecular weight is 350 g/mol. The molecule has 2 aromatic rings. The Kier molecular flexibility index (Phi) is 2.42. The van der Waals surface area contributed by atoms with Crippen molar-refractivity contribution in [2.75, 3.05) is 0 Å². The van der Waals surface area contributed by atoms with Crippen LogP contribution >= 0.6 is 38.5 Å². The fraction of sp³-hybridized carbons (Fsp3) is 0. The molecule has 1 aromatic heterocycles. The maximum atomic E-state index is 9.17. The molecule has 0 aliphatic rings. The van der Waals surface area contributed by atoms with Gasteiger partial charge in [0.15, 0.2) is 0 Å². The first-order valence-electron chi connectivity index (χ1n) is 3.60. The molecule has 0 fully saturated rings. The average Bonchev–Trinajstić information content (AvgIpc) is 2.08. The minimum absolute atomic E-state index is 0.0608. The zero-order chi connectivity index (χ0) is 9.42. The van der Waals surface area contributed by atoms with E-state index >= 15 is 0 Å². The van der Waals surface area contributed by atoms with Crippen LogP contribution in [0.2, 0.25) is 0 Å². The second-order valence-electron chi connectivity index (χ2n) is 2.66. The Labute approximate surface area is 97.3 Å². The number of aromatic nitrogens is 1. The van der Waals surface area contributed by atoms with Crippen molar-refractivity contribution in [2.45, 2.75) is 0 Å². The third-order valence-electron chi connectivity index (χ3n) is 1.75. The molecule has 66 valence electrons. The highest BCUT2D eigenvalue weighted by atomic mass is 127. The van der Waals surface area contributed by atoms with Crippen LogP contribution in [-0.2, 0) is 0 Å². The van der Waals surface area contributed by atoms with Gasteiger partial charge in [0.2, 0.25) is 5.88 Å². The molecule has 1 N–H and O–H groups in total. The quantitative estimate of drug-likeness (QED) is 0.740. The van der Waals surface area contributed by atoms with Crippen molar-refractivity contribution in [2.24, 2.45) is 0 Å². The van der Waals surface area contributed by atoms with Crippen LogP contribution in [-0.4, -0.2) is 10.1 Å². The van der Waals surface area contributed by atoms with Gasteiger partial charge in [0.05, 0.1) is 0 Å². The summed E-state index contributed by atoms with van der Waals surface area (Å²) in [5.74, 6) is 0.0608. The lowest BCUT2D eigenvalue weighted by atomic mass is 10.2. The Morgan fingerprint density at radius 3 is 2.77 bits per heavy atom. The van der Waals surface area contributed by atoms with E-state index in [1.165, 1.54) is 0 Å². The van der Waals surface area contributed by atoms with Crippen molar-refractivity contribution in [1.29, 1.82) is 0 Å². The molecule has 0 saturated carbocycles. The second-order valence-corrected chi connectivity index (χ2v) is 4.67. The maximum Gasteiger partial charge on any atom is 0.211 e. The van der Waals surface area contributed by atoms with Gasteiger partial charge in [0.1, 0.15) is 0 Å². The third kappa shape index (κ3) is 1.78. The Morgan fingerprint density at radius 2 is 2.00 bits per heavy atom. The van der Waals surface area contributed by atoms with E-state index in [0.29, 0.717) is 0 Å². The van der Waals surface area contributed by atoms with Gasteiger partial charge >= 0.3 is 0 Å². The van der Waals surface area contributed by atoms with Gasteiger partial charge in [-0.1, -0.05) is 0 Å². The molecule has 0 saturated heterocycles. The summed E-state index contributed by atoms with van der Waals surface area (Å²) in [6.07, 6.45) is 1.66. The summed E-state index contributed by atoms with van der Waals surface area (Å²) in [6, 6.07) is 5.65. The standard InChI is InChI=1S/C9H5BrINO/c10-7-1-6-4-12-9(13)3-5(6)2-8(7)11/h1-4H,(H,12,13). The van der Waals surface area contributed by atoms with Crippen molar-refractivity contribution in [3.8, 4) is 5.88 Å². The summed E-state index contributed by atoms with van der Waals surface area (Å²) < 4.78 is 2.17. The summed E-state index contributed by atoms with van der Waals surface area (Å²) in [4.78, 5) is 3.81. The summed E-state index contributed by atoms with van der Waals surface area (Å²) >= 11 is 5.67. The molecule has 1 aromatic carbocycles. The van der Waals surface area contributed by atoms with Crippen molar-refractivity contribution >= 4 is 49.3 Å². The largest absolute Gasteiger partial charge is 0.493 e. The molecule has 0 bridgehead atoms. The first kappa shape index (κ1) is 9.21. The first-order chi connectivity index (χ1) is 6.16. The van der Waals surface area contributed by atoms with Gasteiger partial charge in [-0.2, -0.15) is 0 Å². The highest BCUT2D eigenvalue weighted by molar-refractivity contribution is 14.1. The Bertz CT molecular complexity index is 472. The van der Waals surface area contributed by atoms with Gasteiger partial charge < -0.3 is 5.11 Å². The lowest BCUT2D eigenvalue weighted by molar-refractivity contribution is 0.454. The molecule has 13 heavy (non-hydrogen) atoms. The van der Waals surface area contributed by atoms with E-state index in [1.54, 1.807) is 12.3 Å². The molecule has 4 heteroatoms. The molecule has 2 nitrogen and oxygen atoms in total. The molecule has 0 radical (unpaired) electrons. The lowest BCUT2D eigenvalue weighted by Gasteiger charge is -2.00. The second kappa shape index (κ2) is 3.42. The van der Waals surface area contributed by atoms with E-state index in [0.717, 1.165) is 18.8 Å². The van der Waals surface area contributed by atoms with Crippen LogP contribution in [0, 0.1) is 3.57 Å². The fourth-order valence-electron chi connectivity index (χ4n) is 1.13. The lowest BCUT2D eigenvalue weighted by Crippen LogP contribution is -1.80. The Hall–Kier alpha value is -0.360. The molecule has 0 spiro atoms. The summed E-state index contributed by atoms with van der Waals surface area (Å²) in [7, 11) is 0. The van der Waals surface area contributed by atoms with Crippen molar-refractivity contribution < 1.29 is 5.11 Å². The number of halogens is 2. The Morgan fingerprint density at radius 1 is 1.23 bits per heavy atom. The molecule has 0 aliphatic heterocycles. The highest BCUT2D eigenvalue weighted by Gasteiger charge is 2.01. The zero-order valence-corrected chi connectivity index (χ0v) is 10.2. The minimum atomic E-state index is 0.0608. The predicted octanol–water partition coefficient (Wildman–Crippen LogP) is 3.31. The van der Waals surface area contributed by atoms with Gasteiger partial charge in [0.25, 0.3) is 0 Å². The number of hydrogen-bond acceptors (Lipinski definition) is 2. The molecular formula is C9H5BrINO. The smallest absolute Gasteiger partial charge is 0.211 e. The SMILES string of the molecule is Oc1cc2cc(I)c(Br)cc2cn1. The number of nitrogens with zero attached hydrogens (tertiary/aromatic N) is 1. The Balaban J connectivity index is 2.81. The van der Waals surface area contributed by atoms with E-state index < -0.39 is 0 Å². The predicted molar refractivity (Wildman–Crippen MR) is 63.8 cm³/mol. The molecule has 0 atom stereocenters. The van der Waals surface area contributed by atoms with Crippen LogP contribution in [0.4, 0.5) is 0 Å². The molecule has 2 rings (SSSR count). The summed E-state index contributed by atoms with van der Waals surface area (Å²) in [5, 5.41) is 11.2. The fourth-order valence-corrected chi connectivity index (χ4v) is 1.98. The summed E-state index contributed by atoms with van der Waals surface area (Å²) in [6.45, 7) is 0. The van der Waals surface area contributed by atoms with Crippen molar-refractivity contribution in [1.82, 2.24) is 4.98 Å². The van der Waals surface area contributed by atoms with Crippen LogP contribution in [0.3, 0.4) is 0 Å². The summed E-state index contributed by atoms with van der Waals surface area (Å²) in [5.41, 5.74) is 0.